The van der Waals surface area contributed by atoms with Gasteiger partial charge in [0.1, 0.15) is 0 Å². The van der Waals surface area contributed by atoms with Crippen molar-refractivity contribution in [3.05, 3.63) is 0 Å². The molecule has 0 radical (unpaired) electrons. The monoisotopic (exact) mass is 276 g/mol. The highest BCUT2D eigenvalue weighted by Crippen LogP contribution is 2.22. The van der Waals surface area contributed by atoms with Gasteiger partial charge in [-0.1, -0.05) is 26.7 Å². The molecular formula is C13H28O4Si. The fourth-order valence-electron chi connectivity index (χ4n) is 1.87. The molecule has 0 aromatic heterocycles. The van der Waals surface area contributed by atoms with Crippen LogP contribution in [0.1, 0.15) is 46.0 Å². The third-order valence-electron chi connectivity index (χ3n) is 3.07. The molecule has 0 atom stereocenters. The van der Waals surface area contributed by atoms with E-state index < -0.39 is 8.56 Å². The van der Waals surface area contributed by atoms with Crippen LogP contribution in [0.25, 0.3) is 0 Å². The van der Waals surface area contributed by atoms with E-state index in [9.17, 15) is 4.79 Å². The molecule has 0 spiro atoms. The Morgan fingerprint density at radius 3 is 2.11 bits per heavy atom. The van der Waals surface area contributed by atoms with Gasteiger partial charge in [-0.2, -0.15) is 0 Å². The molecule has 0 aliphatic rings. The summed E-state index contributed by atoms with van der Waals surface area (Å²) in [5.74, 6) is -0.104. The number of hydrogen-bond donors (Lipinski definition) is 0. The van der Waals surface area contributed by atoms with Gasteiger partial charge in [-0.3, -0.25) is 4.79 Å². The van der Waals surface area contributed by atoms with Crippen LogP contribution in [0, 0.1) is 0 Å². The van der Waals surface area contributed by atoms with Crippen LogP contribution >= 0.6 is 0 Å². The minimum Gasteiger partial charge on any atom is -0.466 e. The summed E-state index contributed by atoms with van der Waals surface area (Å²) in [7, 11) is 1.42. The van der Waals surface area contributed by atoms with Crippen LogP contribution in [0.15, 0.2) is 0 Å². The van der Waals surface area contributed by atoms with Gasteiger partial charge >= 0.3 is 14.5 Å². The maximum absolute atomic E-state index is 11.2. The Morgan fingerprint density at radius 2 is 1.61 bits per heavy atom. The third kappa shape index (κ3) is 7.13. The quantitative estimate of drug-likeness (QED) is 0.330. The summed E-state index contributed by atoms with van der Waals surface area (Å²) in [5, 5.41) is 0. The number of rotatable bonds is 11. The van der Waals surface area contributed by atoms with E-state index in [4.69, 9.17) is 13.6 Å². The Kier molecular flexibility index (Phi) is 10.3. The number of hydrogen-bond acceptors (Lipinski definition) is 4. The molecule has 0 N–H and O–H groups in total. The van der Waals surface area contributed by atoms with Crippen molar-refractivity contribution in [2.45, 2.75) is 58.0 Å². The van der Waals surface area contributed by atoms with Crippen molar-refractivity contribution in [1.82, 2.24) is 0 Å². The van der Waals surface area contributed by atoms with E-state index in [0.29, 0.717) is 13.0 Å². The summed E-state index contributed by atoms with van der Waals surface area (Å²) in [6.07, 6.45) is 4.45. The second-order valence-electron chi connectivity index (χ2n) is 4.50. The molecule has 0 fully saturated rings. The predicted octanol–water partition coefficient (Wildman–Crippen LogP) is 3.25. The molecule has 0 unspecified atom stereocenters. The predicted molar refractivity (Wildman–Crippen MR) is 74.8 cm³/mol. The summed E-state index contributed by atoms with van der Waals surface area (Å²) >= 11 is 0. The van der Waals surface area contributed by atoms with E-state index in [1.165, 1.54) is 0 Å². The Labute approximate surface area is 112 Å². The van der Waals surface area contributed by atoms with Crippen molar-refractivity contribution in [2.75, 3.05) is 20.8 Å². The van der Waals surface area contributed by atoms with E-state index in [1.807, 2.05) is 6.92 Å². The lowest BCUT2D eigenvalue weighted by Crippen LogP contribution is -2.40. The molecule has 0 rings (SSSR count). The molecule has 0 saturated heterocycles. The normalized spacial score (nSPS) is 11.6. The molecule has 0 heterocycles. The largest absolute Gasteiger partial charge is 0.466 e. The van der Waals surface area contributed by atoms with Crippen molar-refractivity contribution in [2.24, 2.45) is 0 Å². The highest BCUT2D eigenvalue weighted by molar-refractivity contribution is 6.67. The zero-order chi connectivity index (χ0) is 13.9. The minimum atomic E-state index is -2.05. The fourth-order valence-corrected chi connectivity index (χ4v) is 4.67. The molecule has 0 aliphatic carbocycles. The number of esters is 1. The highest BCUT2D eigenvalue weighted by Gasteiger charge is 2.34. The summed E-state index contributed by atoms with van der Waals surface area (Å²) in [6, 6.07) is 1.90. The van der Waals surface area contributed by atoms with Crippen LogP contribution < -0.4 is 0 Å². The molecule has 0 aromatic rings. The number of unbranched alkanes of at least 4 members (excludes halogenated alkanes) is 1. The highest BCUT2D eigenvalue weighted by atomic mass is 28.4. The van der Waals surface area contributed by atoms with Crippen molar-refractivity contribution in [3.63, 3.8) is 0 Å². The summed E-state index contributed by atoms with van der Waals surface area (Å²) < 4.78 is 16.4. The van der Waals surface area contributed by atoms with Crippen LogP contribution in [0.5, 0.6) is 0 Å². The number of carbonyl (C=O) groups excluding carboxylic acids is 1. The first-order valence-electron chi connectivity index (χ1n) is 6.90. The molecular weight excluding hydrogens is 248 g/mol. The Bertz CT molecular complexity index is 217. The van der Waals surface area contributed by atoms with Gasteiger partial charge in [0.15, 0.2) is 0 Å². The van der Waals surface area contributed by atoms with E-state index >= 15 is 0 Å². The van der Waals surface area contributed by atoms with E-state index in [2.05, 4.69) is 6.92 Å². The molecule has 108 valence electrons. The van der Waals surface area contributed by atoms with Gasteiger partial charge in [0, 0.05) is 20.6 Å². The maximum atomic E-state index is 11.2. The van der Waals surface area contributed by atoms with Crippen molar-refractivity contribution < 1.29 is 18.4 Å². The van der Waals surface area contributed by atoms with Gasteiger partial charge in [-0.25, -0.2) is 0 Å². The molecule has 18 heavy (non-hydrogen) atoms. The van der Waals surface area contributed by atoms with Crippen LogP contribution in [-0.2, 0) is 18.4 Å². The second-order valence-corrected chi connectivity index (χ2v) is 8.13. The lowest BCUT2D eigenvalue weighted by molar-refractivity contribution is -0.143. The van der Waals surface area contributed by atoms with Gasteiger partial charge in [-0.15, -0.1) is 0 Å². The molecule has 0 aliphatic heterocycles. The molecule has 0 amide bonds. The molecule has 4 nitrogen and oxygen atoms in total. The van der Waals surface area contributed by atoms with E-state index in [0.717, 1.165) is 37.8 Å². The Balaban J connectivity index is 3.92. The van der Waals surface area contributed by atoms with Gasteiger partial charge in [0.25, 0.3) is 0 Å². The van der Waals surface area contributed by atoms with E-state index in [-0.39, 0.29) is 5.97 Å². The van der Waals surface area contributed by atoms with Crippen LogP contribution in [0.4, 0.5) is 0 Å². The molecule has 5 heteroatoms. The zero-order valence-electron chi connectivity index (χ0n) is 12.3. The lowest BCUT2D eigenvalue weighted by atomic mass is 10.3. The smallest absolute Gasteiger partial charge is 0.337 e. The number of carbonyl (C=O) groups is 1. The average molecular weight is 276 g/mol. The summed E-state index contributed by atoms with van der Waals surface area (Å²) in [5.41, 5.74) is 0. The van der Waals surface area contributed by atoms with Gasteiger partial charge < -0.3 is 13.6 Å². The Morgan fingerprint density at radius 1 is 1.00 bits per heavy atom. The Hall–Kier alpha value is -0.393. The summed E-state index contributed by atoms with van der Waals surface area (Å²) in [6.45, 7) is 4.61. The van der Waals surface area contributed by atoms with Crippen molar-refractivity contribution >= 4 is 14.5 Å². The average Bonchev–Trinajstić information content (AvgIpc) is 2.39. The minimum absolute atomic E-state index is 0.104. The lowest BCUT2D eigenvalue weighted by Gasteiger charge is -2.27. The first-order valence-corrected chi connectivity index (χ1v) is 9.13. The zero-order valence-corrected chi connectivity index (χ0v) is 13.3. The van der Waals surface area contributed by atoms with Crippen molar-refractivity contribution in [3.8, 4) is 0 Å². The molecule has 0 saturated carbocycles. The maximum Gasteiger partial charge on any atom is 0.337 e. The fraction of sp³-hybridized carbons (Fsp3) is 0.923. The van der Waals surface area contributed by atoms with Gasteiger partial charge in [-0.05, 0) is 24.9 Å². The first kappa shape index (κ1) is 17.6. The standard InChI is InChI=1S/C13H28O4Si/c1-5-7-11-18(15-3,16-4)12-8-10-17-13(14)9-6-2/h5-12H2,1-4H3. The van der Waals surface area contributed by atoms with Gasteiger partial charge in [0.05, 0.1) is 6.61 Å². The SMILES string of the molecule is CCCC[Si](CCCOC(=O)CCC)(OC)OC. The number of ether oxygens (including phenoxy) is 1. The first-order chi connectivity index (χ1) is 8.64. The third-order valence-corrected chi connectivity index (χ3v) is 6.79. The molecule has 0 aromatic carbocycles. The van der Waals surface area contributed by atoms with Crippen molar-refractivity contribution in [1.29, 1.82) is 0 Å². The van der Waals surface area contributed by atoms with Crippen LogP contribution in [0.2, 0.25) is 12.1 Å². The van der Waals surface area contributed by atoms with E-state index in [1.54, 1.807) is 14.2 Å². The van der Waals surface area contributed by atoms with Gasteiger partial charge in [0.2, 0.25) is 0 Å². The van der Waals surface area contributed by atoms with Crippen LogP contribution in [-0.4, -0.2) is 35.4 Å². The molecule has 0 bridgehead atoms. The second kappa shape index (κ2) is 10.5. The van der Waals surface area contributed by atoms with Crippen LogP contribution in [0.3, 0.4) is 0 Å². The topological polar surface area (TPSA) is 44.8 Å². The summed E-state index contributed by atoms with van der Waals surface area (Å²) in [4.78, 5) is 11.2.